The number of carbonyl (C=O) groups is 3. The molecule has 1 aliphatic rings. The van der Waals surface area contributed by atoms with Gasteiger partial charge in [0.15, 0.2) is 6.61 Å². The Morgan fingerprint density at radius 3 is 2.32 bits per heavy atom. The van der Waals surface area contributed by atoms with Crippen LogP contribution in [0.15, 0.2) is 70.9 Å². The summed E-state index contributed by atoms with van der Waals surface area (Å²) in [5, 5.41) is 2.07. The van der Waals surface area contributed by atoms with Crippen LogP contribution < -0.4 is 10.1 Å². The summed E-state index contributed by atoms with van der Waals surface area (Å²) < 4.78 is 45.8. The predicted molar refractivity (Wildman–Crippen MR) is 139 cm³/mol. The molecule has 2 heterocycles. The van der Waals surface area contributed by atoms with Gasteiger partial charge in [-0.3, -0.25) is 14.4 Å². The normalized spacial score (nSPS) is 14.6. The van der Waals surface area contributed by atoms with E-state index in [0.29, 0.717) is 5.75 Å². The fourth-order valence-corrected chi connectivity index (χ4v) is 6.01. The Morgan fingerprint density at radius 2 is 1.68 bits per heavy atom. The molecule has 0 aliphatic carbocycles. The van der Waals surface area contributed by atoms with E-state index in [1.165, 1.54) is 15.9 Å². The first-order chi connectivity index (χ1) is 18.1. The molecule has 0 spiro atoms. The van der Waals surface area contributed by atoms with Gasteiger partial charge in [0.05, 0.1) is 9.77 Å². The lowest BCUT2D eigenvalue weighted by Gasteiger charge is -2.36. The number of ether oxygens (including phenoxy) is 1. The lowest BCUT2D eigenvalue weighted by atomic mass is 10.2. The Morgan fingerprint density at radius 1 is 1.00 bits per heavy atom. The van der Waals surface area contributed by atoms with Gasteiger partial charge in [0.25, 0.3) is 17.7 Å². The minimum atomic E-state index is -4.41. The van der Waals surface area contributed by atoms with Crippen molar-refractivity contribution in [3.05, 3.63) is 82.3 Å². The lowest BCUT2D eigenvalue weighted by molar-refractivity contribution is -0.140. The number of piperazine rings is 1. The average Bonchev–Trinajstić information content (AvgIpc) is 3.45. The van der Waals surface area contributed by atoms with Crippen LogP contribution >= 0.6 is 11.3 Å². The molecule has 0 bridgehead atoms. The summed E-state index contributed by atoms with van der Waals surface area (Å²) in [4.78, 5) is 41.6. The highest BCUT2D eigenvalue weighted by Crippen LogP contribution is 2.20. The van der Waals surface area contributed by atoms with Crippen LogP contribution in [-0.2, 0) is 19.4 Å². The van der Waals surface area contributed by atoms with Crippen molar-refractivity contribution in [3.63, 3.8) is 0 Å². The number of hydrogen-bond acceptors (Lipinski definition) is 7. The van der Waals surface area contributed by atoms with E-state index < -0.39 is 32.8 Å². The number of sulfone groups is 1. The Labute approximate surface area is 223 Å². The second kappa shape index (κ2) is 11.7. The molecule has 0 radical (unpaired) electrons. The molecule has 1 saturated heterocycles. The molecule has 9 nitrogen and oxygen atoms in total. The van der Waals surface area contributed by atoms with Crippen molar-refractivity contribution in [1.29, 1.82) is 0 Å². The van der Waals surface area contributed by atoms with E-state index in [0.717, 1.165) is 41.2 Å². The van der Waals surface area contributed by atoms with Gasteiger partial charge in [-0.05, 0) is 60.3 Å². The van der Waals surface area contributed by atoms with E-state index in [4.69, 9.17) is 4.74 Å². The molecule has 200 valence electrons. The number of nitrogens with zero attached hydrogens (tertiary/aromatic N) is 2. The Kier molecular flexibility index (Phi) is 8.42. The second-order valence-electron chi connectivity index (χ2n) is 8.64. The minimum absolute atomic E-state index is 0.0688. The summed E-state index contributed by atoms with van der Waals surface area (Å²) >= 11 is 1.10. The molecule has 3 aromatic rings. The molecular weight excluding hydrogens is 533 g/mol. The third-order valence-corrected chi connectivity index (χ3v) is 8.72. The smallest absolute Gasteiger partial charge is 0.262 e. The topological polar surface area (TPSA) is 113 Å². The van der Waals surface area contributed by atoms with E-state index in [-0.39, 0.29) is 48.5 Å². The molecule has 1 fully saturated rings. The molecule has 38 heavy (non-hydrogen) atoms. The Bertz CT molecular complexity index is 1400. The third kappa shape index (κ3) is 6.37. The molecule has 1 N–H and O–H groups in total. The molecule has 1 atom stereocenters. The molecule has 3 amide bonds. The van der Waals surface area contributed by atoms with Crippen LogP contribution in [0.4, 0.5) is 4.39 Å². The van der Waals surface area contributed by atoms with Gasteiger partial charge in [-0.25, -0.2) is 12.8 Å². The standard InChI is InChI=1S/C26H26FN3O6S2/c1-18-4-2-5-20(16-18)36-17-23(31)29-11-13-30(14-12-29)26(33)25(28-24(32)22-6-3-15-37-22)38(34,35)21-9-7-19(27)8-10-21/h2-10,15-16,25H,11-14,17H2,1H3,(H,28,32). The van der Waals surface area contributed by atoms with Crippen LogP contribution in [0.25, 0.3) is 0 Å². The summed E-state index contributed by atoms with van der Waals surface area (Å²) in [6, 6.07) is 14.5. The maximum absolute atomic E-state index is 13.4. The highest BCUT2D eigenvalue weighted by molar-refractivity contribution is 7.92. The predicted octanol–water partition coefficient (Wildman–Crippen LogP) is 2.48. The van der Waals surface area contributed by atoms with Gasteiger partial charge in [0.1, 0.15) is 11.6 Å². The number of halogens is 1. The molecule has 1 aliphatic heterocycles. The Hall–Kier alpha value is -3.77. The summed E-state index contributed by atoms with van der Waals surface area (Å²) in [6.07, 6.45) is 0. The zero-order chi connectivity index (χ0) is 27.3. The molecular formula is C26H26FN3O6S2. The van der Waals surface area contributed by atoms with Crippen LogP contribution in [-0.4, -0.2) is 74.1 Å². The number of benzene rings is 2. The number of nitrogens with one attached hydrogen (secondary N) is 1. The van der Waals surface area contributed by atoms with Crippen LogP contribution in [0.5, 0.6) is 5.75 Å². The zero-order valence-electron chi connectivity index (χ0n) is 20.5. The van der Waals surface area contributed by atoms with Gasteiger partial charge < -0.3 is 19.9 Å². The number of rotatable bonds is 8. The van der Waals surface area contributed by atoms with Crippen LogP contribution in [0, 0.1) is 12.7 Å². The van der Waals surface area contributed by atoms with Crippen LogP contribution in [0.3, 0.4) is 0 Å². The SMILES string of the molecule is Cc1cccc(OCC(=O)N2CCN(C(=O)C(NC(=O)c3cccs3)S(=O)(=O)c3ccc(F)cc3)CC2)c1. The number of thiophene rings is 1. The monoisotopic (exact) mass is 559 g/mol. The highest BCUT2D eigenvalue weighted by Gasteiger charge is 2.39. The van der Waals surface area contributed by atoms with Crippen molar-refractivity contribution in [2.24, 2.45) is 0 Å². The molecule has 12 heteroatoms. The Balaban J connectivity index is 1.44. The average molecular weight is 560 g/mol. The summed E-state index contributed by atoms with van der Waals surface area (Å²) in [5.41, 5.74) is 0.999. The first kappa shape index (κ1) is 27.3. The van der Waals surface area contributed by atoms with E-state index in [1.54, 1.807) is 17.5 Å². The van der Waals surface area contributed by atoms with Crippen molar-refractivity contribution in [2.75, 3.05) is 32.8 Å². The first-order valence-corrected chi connectivity index (χ1v) is 14.2. The van der Waals surface area contributed by atoms with E-state index in [2.05, 4.69) is 5.32 Å². The maximum Gasteiger partial charge on any atom is 0.262 e. The molecule has 0 saturated carbocycles. The summed E-state index contributed by atoms with van der Waals surface area (Å²) in [6.45, 7) is 2.22. The number of aryl methyl sites for hydroxylation is 1. The fraction of sp³-hybridized carbons (Fsp3) is 0.269. The number of hydrogen-bond donors (Lipinski definition) is 1. The van der Waals surface area contributed by atoms with Crippen molar-refractivity contribution in [2.45, 2.75) is 17.2 Å². The van der Waals surface area contributed by atoms with Gasteiger partial charge in [-0.2, -0.15) is 0 Å². The van der Waals surface area contributed by atoms with E-state index in [9.17, 15) is 27.2 Å². The van der Waals surface area contributed by atoms with Gasteiger partial charge in [-0.15, -0.1) is 11.3 Å². The van der Waals surface area contributed by atoms with E-state index >= 15 is 0 Å². The zero-order valence-corrected chi connectivity index (χ0v) is 22.1. The van der Waals surface area contributed by atoms with Crippen molar-refractivity contribution in [3.8, 4) is 5.75 Å². The third-order valence-electron chi connectivity index (χ3n) is 5.98. The van der Waals surface area contributed by atoms with Gasteiger partial charge in [0, 0.05) is 26.2 Å². The van der Waals surface area contributed by atoms with E-state index in [1.807, 2.05) is 25.1 Å². The number of carbonyl (C=O) groups excluding carboxylic acids is 3. The molecule has 1 unspecified atom stereocenters. The van der Waals surface area contributed by atoms with Gasteiger partial charge >= 0.3 is 0 Å². The van der Waals surface area contributed by atoms with Crippen molar-refractivity contribution >= 4 is 38.9 Å². The second-order valence-corrected chi connectivity index (χ2v) is 11.6. The molecule has 4 rings (SSSR count). The van der Waals surface area contributed by atoms with Gasteiger partial charge in [-0.1, -0.05) is 18.2 Å². The molecule has 2 aromatic carbocycles. The van der Waals surface area contributed by atoms with Crippen molar-refractivity contribution in [1.82, 2.24) is 15.1 Å². The van der Waals surface area contributed by atoms with Gasteiger partial charge in [0.2, 0.25) is 15.2 Å². The fourth-order valence-electron chi connectivity index (χ4n) is 3.91. The van der Waals surface area contributed by atoms with Crippen molar-refractivity contribution < 1.29 is 31.9 Å². The molecule has 1 aromatic heterocycles. The quantitative estimate of drug-likeness (QED) is 0.425. The number of amides is 3. The van der Waals surface area contributed by atoms with Crippen LogP contribution in [0.1, 0.15) is 15.2 Å². The highest BCUT2D eigenvalue weighted by atomic mass is 32.2. The summed E-state index contributed by atoms with van der Waals surface area (Å²) in [5.74, 6) is -1.88. The summed E-state index contributed by atoms with van der Waals surface area (Å²) in [7, 11) is -4.41. The maximum atomic E-state index is 13.4. The van der Waals surface area contributed by atoms with Crippen LogP contribution in [0.2, 0.25) is 0 Å². The first-order valence-electron chi connectivity index (χ1n) is 11.7. The largest absolute Gasteiger partial charge is 0.484 e. The lowest BCUT2D eigenvalue weighted by Crippen LogP contribution is -2.58. The minimum Gasteiger partial charge on any atom is -0.484 e.